The van der Waals surface area contributed by atoms with Gasteiger partial charge in [-0.15, -0.1) is 0 Å². The maximum atomic E-state index is 12.6. The van der Waals surface area contributed by atoms with Crippen LogP contribution in [0.4, 0.5) is 0 Å². The number of phenols is 1. The number of nitrogens with zero attached hydrogens (tertiary/aromatic N) is 1. The molecule has 0 aliphatic rings. The molecule has 0 aliphatic heterocycles. The van der Waals surface area contributed by atoms with E-state index in [0.717, 1.165) is 0 Å². The molecule has 2 N–H and O–H groups in total. The number of esters is 2. The first-order chi connectivity index (χ1) is 19.4. The van der Waals surface area contributed by atoms with E-state index in [1.54, 1.807) is 84.9 Å². The van der Waals surface area contributed by atoms with E-state index < -0.39 is 17.8 Å². The average molecular weight is 537 g/mol. The summed E-state index contributed by atoms with van der Waals surface area (Å²) in [4.78, 5) is 37.4. The van der Waals surface area contributed by atoms with Gasteiger partial charge in [0.05, 0.1) is 24.5 Å². The van der Waals surface area contributed by atoms with Crippen LogP contribution in [0.1, 0.15) is 31.8 Å². The van der Waals surface area contributed by atoms with E-state index in [4.69, 9.17) is 14.2 Å². The van der Waals surface area contributed by atoms with Gasteiger partial charge in [-0.1, -0.05) is 42.5 Å². The van der Waals surface area contributed by atoms with E-state index in [2.05, 4.69) is 10.5 Å². The predicted molar refractivity (Wildman–Crippen MR) is 149 cm³/mol. The van der Waals surface area contributed by atoms with E-state index >= 15 is 0 Å². The standard InChI is InChI=1S/C31H24N2O7/c1-38-24-17-14-22(15-18-24)31(37)40-27-12-6-2-8-21(27)16-19-29(35)39-28-13-7-3-9-23(28)20-32-33-30(36)25-10-4-5-11-26(25)34/h2-20,34H,1H3,(H,33,36)/b19-16+,32-20+. The molecule has 9 heteroatoms. The van der Waals surface area contributed by atoms with Crippen molar-refractivity contribution in [3.63, 3.8) is 0 Å². The van der Waals surface area contributed by atoms with Crippen molar-refractivity contribution in [2.75, 3.05) is 7.11 Å². The number of phenolic OH excluding ortho intramolecular Hbond substituents is 1. The number of carbonyl (C=O) groups is 3. The van der Waals surface area contributed by atoms with Gasteiger partial charge in [0.1, 0.15) is 23.0 Å². The number of amides is 1. The molecule has 0 unspecified atom stereocenters. The lowest BCUT2D eigenvalue weighted by molar-refractivity contribution is -0.128. The molecule has 0 fully saturated rings. The Balaban J connectivity index is 1.40. The molecule has 0 atom stereocenters. The van der Waals surface area contributed by atoms with E-state index in [9.17, 15) is 19.5 Å². The van der Waals surface area contributed by atoms with Crippen molar-refractivity contribution in [1.29, 1.82) is 0 Å². The summed E-state index contributed by atoms with van der Waals surface area (Å²) in [5.41, 5.74) is 3.65. The fourth-order valence-corrected chi connectivity index (χ4v) is 3.46. The molecule has 4 aromatic rings. The zero-order valence-corrected chi connectivity index (χ0v) is 21.3. The monoisotopic (exact) mass is 536 g/mol. The Morgan fingerprint density at radius 1 is 0.775 bits per heavy atom. The summed E-state index contributed by atoms with van der Waals surface area (Å²) in [5, 5.41) is 13.7. The van der Waals surface area contributed by atoms with Gasteiger partial charge in [0.2, 0.25) is 0 Å². The van der Waals surface area contributed by atoms with Gasteiger partial charge in [-0.3, -0.25) is 4.79 Å². The average Bonchev–Trinajstić information content (AvgIpc) is 2.97. The number of rotatable bonds is 9. The summed E-state index contributed by atoms with van der Waals surface area (Å²) in [6, 6.07) is 25.9. The molecule has 0 spiro atoms. The molecule has 0 bridgehead atoms. The molecule has 0 aromatic heterocycles. The summed E-state index contributed by atoms with van der Waals surface area (Å²) in [5.74, 6) is -0.934. The van der Waals surface area contributed by atoms with E-state index in [0.29, 0.717) is 22.4 Å². The summed E-state index contributed by atoms with van der Waals surface area (Å²) < 4.78 is 16.1. The maximum absolute atomic E-state index is 12.6. The number of aromatic hydroxyl groups is 1. The minimum atomic E-state index is -0.685. The highest BCUT2D eigenvalue weighted by molar-refractivity contribution is 5.97. The zero-order valence-electron chi connectivity index (χ0n) is 21.3. The second-order valence-electron chi connectivity index (χ2n) is 8.16. The SMILES string of the molecule is COc1ccc(C(=O)Oc2ccccc2/C=C/C(=O)Oc2ccccc2/C=N/NC(=O)c2ccccc2O)cc1. The molecule has 40 heavy (non-hydrogen) atoms. The topological polar surface area (TPSA) is 124 Å². The van der Waals surface area contributed by atoms with Crippen LogP contribution in [0.5, 0.6) is 23.0 Å². The minimum absolute atomic E-state index is 0.0689. The summed E-state index contributed by atoms with van der Waals surface area (Å²) in [6.07, 6.45) is 3.99. The van der Waals surface area contributed by atoms with Crippen molar-refractivity contribution >= 4 is 30.1 Å². The molecule has 4 rings (SSSR count). The Morgan fingerprint density at radius 3 is 2.10 bits per heavy atom. The van der Waals surface area contributed by atoms with Crippen molar-refractivity contribution in [1.82, 2.24) is 5.43 Å². The van der Waals surface area contributed by atoms with E-state index in [-0.39, 0.29) is 22.8 Å². The lowest BCUT2D eigenvalue weighted by atomic mass is 10.1. The third-order valence-corrected chi connectivity index (χ3v) is 5.49. The molecule has 0 radical (unpaired) electrons. The number of carbonyl (C=O) groups excluding carboxylic acids is 3. The molecule has 1 amide bonds. The van der Waals surface area contributed by atoms with Gasteiger partial charge in [-0.2, -0.15) is 5.10 Å². The second kappa shape index (κ2) is 13.2. The van der Waals surface area contributed by atoms with Crippen molar-refractivity contribution < 1.29 is 33.7 Å². The van der Waals surface area contributed by atoms with Crippen LogP contribution in [0.15, 0.2) is 108 Å². The fraction of sp³-hybridized carbons (Fsp3) is 0.0323. The van der Waals surface area contributed by atoms with Crippen molar-refractivity contribution in [2.24, 2.45) is 5.10 Å². The number of methoxy groups -OCH3 is 1. The Kier molecular flexibility index (Phi) is 9.02. The third kappa shape index (κ3) is 7.20. The minimum Gasteiger partial charge on any atom is -0.507 e. The molecular formula is C31H24N2O7. The Hall–Kier alpha value is -5.70. The molecule has 0 heterocycles. The van der Waals surface area contributed by atoms with Gasteiger partial charge < -0.3 is 19.3 Å². The quantitative estimate of drug-likeness (QED) is 0.101. The molecule has 0 saturated heterocycles. The van der Waals surface area contributed by atoms with Crippen LogP contribution in [0.2, 0.25) is 0 Å². The molecular weight excluding hydrogens is 512 g/mol. The summed E-state index contributed by atoms with van der Waals surface area (Å²) in [6.45, 7) is 0. The van der Waals surface area contributed by atoms with Crippen LogP contribution in [-0.4, -0.2) is 36.3 Å². The number of benzene rings is 4. The Morgan fingerprint density at radius 2 is 1.40 bits per heavy atom. The largest absolute Gasteiger partial charge is 0.507 e. The number of ether oxygens (including phenoxy) is 3. The van der Waals surface area contributed by atoms with Crippen LogP contribution in [0, 0.1) is 0 Å². The van der Waals surface area contributed by atoms with Gasteiger partial charge in [0, 0.05) is 17.2 Å². The molecule has 9 nitrogen and oxygen atoms in total. The normalized spacial score (nSPS) is 10.8. The van der Waals surface area contributed by atoms with Crippen molar-refractivity contribution in [2.45, 2.75) is 0 Å². The number of hydrogen-bond acceptors (Lipinski definition) is 8. The second-order valence-corrected chi connectivity index (χ2v) is 8.16. The van der Waals surface area contributed by atoms with Gasteiger partial charge >= 0.3 is 11.9 Å². The van der Waals surface area contributed by atoms with E-state index in [1.807, 2.05) is 0 Å². The fourth-order valence-electron chi connectivity index (χ4n) is 3.46. The highest BCUT2D eigenvalue weighted by Crippen LogP contribution is 2.22. The van der Waals surface area contributed by atoms with Crippen molar-refractivity contribution in [3.05, 3.63) is 125 Å². The zero-order chi connectivity index (χ0) is 28.3. The number of nitrogens with one attached hydrogen (secondary N) is 1. The Labute approximate surface area is 230 Å². The lowest BCUT2D eigenvalue weighted by Crippen LogP contribution is -2.17. The highest BCUT2D eigenvalue weighted by Gasteiger charge is 2.12. The first kappa shape index (κ1) is 27.3. The number of para-hydroxylation sites is 3. The highest BCUT2D eigenvalue weighted by atomic mass is 16.5. The van der Waals surface area contributed by atoms with Crippen molar-refractivity contribution in [3.8, 4) is 23.0 Å². The van der Waals surface area contributed by atoms with Gasteiger partial charge in [-0.25, -0.2) is 15.0 Å². The summed E-state index contributed by atoms with van der Waals surface area (Å²) >= 11 is 0. The van der Waals surface area contributed by atoms with Crippen LogP contribution in [0.25, 0.3) is 6.08 Å². The van der Waals surface area contributed by atoms with Gasteiger partial charge in [0.15, 0.2) is 0 Å². The predicted octanol–water partition coefficient (Wildman–Crippen LogP) is 5.00. The smallest absolute Gasteiger partial charge is 0.343 e. The lowest BCUT2D eigenvalue weighted by Gasteiger charge is -2.08. The van der Waals surface area contributed by atoms with Crippen LogP contribution in [-0.2, 0) is 4.79 Å². The molecule has 0 saturated carbocycles. The molecule has 0 aliphatic carbocycles. The third-order valence-electron chi connectivity index (χ3n) is 5.49. The summed E-state index contributed by atoms with van der Waals surface area (Å²) in [7, 11) is 1.53. The molecule has 4 aromatic carbocycles. The van der Waals surface area contributed by atoms with Crippen LogP contribution < -0.4 is 19.6 Å². The number of hydrazone groups is 1. The van der Waals surface area contributed by atoms with Crippen LogP contribution in [0.3, 0.4) is 0 Å². The maximum Gasteiger partial charge on any atom is 0.343 e. The van der Waals surface area contributed by atoms with Gasteiger partial charge in [0.25, 0.3) is 5.91 Å². The number of hydrogen-bond donors (Lipinski definition) is 2. The first-order valence-corrected chi connectivity index (χ1v) is 12.0. The van der Waals surface area contributed by atoms with Gasteiger partial charge in [-0.05, 0) is 60.7 Å². The van der Waals surface area contributed by atoms with E-state index in [1.165, 1.54) is 37.6 Å². The van der Waals surface area contributed by atoms with Crippen LogP contribution >= 0.6 is 0 Å². The molecule has 200 valence electrons. The first-order valence-electron chi connectivity index (χ1n) is 12.0. The Bertz CT molecular complexity index is 1580.